The molecule has 2 atom stereocenters. The van der Waals surface area contributed by atoms with Crippen molar-refractivity contribution in [3.63, 3.8) is 0 Å². The molecule has 0 saturated carbocycles. The van der Waals surface area contributed by atoms with Crippen LogP contribution in [0.1, 0.15) is 19.4 Å². The number of aliphatic hydroxyl groups excluding tert-OH is 1. The van der Waals surface area contributed by atoms with Crippen LogP contribution in [-0.4, -0.2) is 66.4 Å². The molecule has 0 unspecified atom stereocenters. The first-order valence-electron chi connectivity index (χ1n) is 7.86. The van der Waals surface area contributed by atoms with Gasteiger partial charge in [0.25, 0.3) is 0 Å². The van der Waals surface area contributed by atoms with Crippen molar-refractivity contribution in [1.29, 1.82) is 5.26 Å². The predicted octanol–water partition coefficient (Wildman–Crippen LogP) is 1.32. The molecule has 0 aromatic heterocycles. The third-order valence-electron chi connectivity index (χ3n) is 4.02. The molecule has 0 radical (unpaired) electrons. The number of nitriles is 1. The van der Waals surface area contributed by atoms with E-state index in [1.807, 2.05) is 25.1 Å². The van der Waals surface area contributed by atoms with Crippen LogP contribution in [0.3, 0.4) is 0 Å². The Morgan fingerprint density at radius 2 is 2.18 bits per heavy atom. The zero-order chi connectivity index (χ0) is 15.9. The van der Waals surface area contributed by atoms with E-state index in [0.717, 1.165) is 32.7 Å². The van der Waals surface area contributed by atoms with Gasteiger partial charge in [-0.3, -0.25) is 9.80 Å². The van der Waals surface area contributed by atoms with E-state index in [9.17, 15) is 5.11 Å². The highest BCUT2D eigenvalue weighted by Gasteiger charge is 2.24. The molecule has 5 nitrogen and oxygen atoms in total. The van der Waals surface area contributed by atoms with Crippen molar-refractivity contribution in [2.45, 2.75) is 26.0 Å². The summed E-state index contributed by atoms with van der Waals surface area (Å²) in [6.45, 7) is 9.15. The van der Waals surface area contributed by atoms with Gasteiger partial charge in [0.15, 0.2) is 0 Å². The SMILES string of the molecule is C[C@H](O)CN1CCN(CCOc2ccccc2C#N)C[C@H]1C. The zero-order valence-electron chi connectivity index (χ0n) is 13.4. The lowest BCUT2D eigenvalue weighted by molar-refractivity contribution is 0.0404. The van der Waals surface area contributed by atoms with Crippen LogP contribution >= 0.6 is 0 Å². The normalized spacial score (nSPS) is 21.3. The molecule has 1 fully saturated rings. The summed E-state index contributed by atoms with van der Waals surface area (Å²) in [6.07, 6.45) is -0.278. The van der Waals surface area contributed by atoms with E-state index in [0.29, 0.717) is 24.0 Å². The lowest BCUT2D eigenvalue weighted by Gasteiger charge is -2.40. The summed E-state index contributed by atoms with van der Waals surface area (Å²) in [5.41, 5.74) is 0.581. The monoisotopic (exact) mass is 303 g/mol. The molecule has 0 spiro atoms. The number of para-hydroxylation sites is 1. The summed E-state index contributed by atoms with van der Waals surface area (Å²) < 4.78 is 5.74. The second-order valence-electron chi connectivity index (χ2n) is 5.95. The van der Waals surface area contributed by atoms with Crippen LogP contribution in [0, 0.1) is 11.3 Å². The summed E-state index contributed by atoms with van der Waals surface area (Å²) in [6, 6.07) is 9.91. The summed E-state index contributed by atoms with van der Waals surface area (Å²) in [4.78, 5) is 4.70. The van der Waals surface area contributed by atoms with Crippen molar-refractivity contribution in [2.75, 3.05) is 39.3 Å². The molecule has 0 amide bonds. The maximum absolute atomic E-state index is 9.50. The molecular weight excluding hydrogens is 278 g/mol. The van der Waals surface area contributed by atoms with Gasteiger partial charge in [-0.05, 0) is 26.0 Å². The van der Waals surface area contributed by atoms with Crippen LogP contribution in [0.4, 0.5) is 0 Å². The molecule has 0 aliphatic carbocycles. The molecule has 1 heterocycles. The van der Waals surface area contributed by atoms with Crippen molar-refractivity contribution < 1.29 is 9.84 Å². The number of piperazine rings is 1. The molecule has 1 aliphatic rings. The molecule has 1 N–H and O–H groups in total. The Balaban J connectivity index is 1.76. The standard InChI is InChI=1S/C17H25N3O2/c1-14-12-19(7-8-20(14)13-15(2)21)9-10-22-17-6-4-3-5-16(17)11-18/h3-6,14-15,21H,7-10,12-13H2,1-2H3/t14-,15+/m1/s1. The van der Waals surface area contributed by atoms with E-state index >= 15 is 0 Å². The van der Waals surface area contributed by atoms with E-state index < -0.39 is 0 Å². The Kier molecular flexibility index (Phi) is 6.20. The highest BCUT2D eigenvalue weighted by Crippen LogP contribution is 2.16. The quantitative estimate of drug-likeness (QED) is 0.859. The van der Waals surface area contributed by atoms with Gasteiger partial charge in [0.2, 0.25) is 0 Å². The van der Waals surface area contributed by atoms with Gasteiger partial charge in [0, 0.05) is 38.8 Å². The van der Waals surface area contributed by atoms with Crippen LogP contribution in [0.2, 0.25) is 0 Å². The van der Waals surface area contributed by atoms with Crippen LogP contribution < -0.4 is 4.74 Å². The Labute approximate surface area is 132 Å². The average molecular weight is 303 g/mol. The van der Waals surface area contributed by atoms with E-state index in [1.165, 1.54) is 0 Å². The number of hydrogen-bond acceptors (Lipinski definition) is 5. The summed E-state index contributed by atoms with van der Waals surface area (Å²) >= 11 is 0. The highest BCUT2D eigenvalue weighted by atomic mass is 16.5. The van der Waals surface area contributed by atoms with Gasteiger partial charge in [-0.25, -0.2) is 0 Å². The lowest BCUT2D eigenvalue weighted by Crippen LogP contribution is -2.54. The van der Waals surface area contributed by atoms with Gasteiger partial charge in [-0.2, -0.15) is 5.26 Å². The first-order valence-corrected chi connectivity index (χ1v) is 7.86. The van der Waals surface area contributed by atoms with Gasteiger partial charge in [0.05, 0.1) is 11.7 Å². The average Bonchev–Trinajstić information content (AvgIpc) is 2.50. The molecule has 120 valence electrons. The first kappa shape index (κ1) is 16.8. The number of rotatable bonds is 6. The van der Waals surface area contributed by atoms with Crippen LogP contribution in [0.15, 0.2) is 24.3 Å². The zero-order valence-corrected chi connectivity index (χ0v) is 13.4. The van der Waals surface area contributed by atoms with Crippen LogP contribution in [0.25, 0.3) is 0 Å². The number of aliphatic hydroxyl groups is 1. The van der Waals surface area contributed by atoms with Crippen molar-refractivity contribution in [3.8, 4) is 11.8 Å². The van der Waals surface area contributed by atoms with E-state index in [2.05, 4.69) is 22.8 Å². The minimum atomic E-state index is -0.278. The lowest BCUT2D eigenvalue weighted by atomic mass is 10.1. The van der Waals surface area contributed by atoms with Crippen molar-refractivity contribution >= 4 is 0 Å². The molecular formula is C17H25N3O2. The molecule has 22 heavy (non-hydrogen) atoms. The van der Waals surface area contributed by atoms with E-state index in [4.69, 9.17) is 10.00 Å². The third-order valence-corrected chi connectivity index (χ3v) is 4.02. The minimum absolute atomic E-state index is 0.278. The smallest absolute Gasteiger partial charge is 0.137 e. The van der Waals surface area contributed by atoms with Gasteiger partial charge in [0.1, 0.15) is 18.4 Å². The first-order chi connectivity index (χ1) is 10.6. The fraction of sp³-hybridized carbons (Fsp3) is 0.588. The number of hydrogen-bond donors (Lipinski definition) is 1. The second-order valence-corrected chi connectivity index (χ2v) is 5.95. The molecule has 2 rings (SSSR count). The maximum atomic E-state index is 9.50. The number of benzene rings is 1. The molecule has 1 aromatic rings. The van der Waals surface area contributed by atoms with E-state index in [1.54, 1.807) is 6.07 Å². The van der Waals surface area contributed by atoms with Gasteiger partial charge >= 0.3 is 0 Å². The maximum Gasteiger partial charge on any atom is 0.137 e. The van der Waals surface area contributed by atoms with Crippen molar-refractivity contribution in [2.24, 2.45) is 0 Å². The van der Waals surface area contributed by atoms with E-state index in [-0.39, 0.29) is 6.10 Å². The van der Waals surface area contributed by atoms with Crippen molar-refractivity contribution in [3.05, 3.63) is 29.8 Å². The Bertz CT molecular complexity index is 513. The molecule has 5 heteroatoms. The fourth-order valence-corrected chi connectivity index (χ4v) is 2.85. The number of nitrogens with zero attached hydrogens (tertiary/aromatic N) is 3. The summed E-state index contributed by atoms with van der Waals surface area (Å²) in [5, 5.41) is 18.5. The number of ether oxygens (including phenoxy) is 1. The minimum Gasteiger partial charge on any atom is -0.491 e. The van der Waals surface area contributed by atoms with Crippen LogP contribution in [0.5, 0.6) is 5.75 Å². The van der Waals surface area contributed by atoms with Gasteiger partial charge in [-0.15, -0.1) is 0 Å². The summed E-state index contributed by atoms with van der Waals surface area (Å²) in [5.74, 6) is 0.658. The molecule has 1 aliphatic heterocycles. The topological polar surface area (TPSA) is 59.7 Å². The highest BCUT2D eigenvalue weighted by molar-refractivity contribution is 5.42. The Morgan fingerprint density at radius 3 is 2.86 bits per heavy atom. The Morgan fingerprint density at radius 1 is 1.41 bits per heavy atom. The fourth-order valence-electron chi connectivity index (χ4n) is 2.85. The predicted molar refractivity (Wildman–Crippen MR) is 85.8 cm³/mol. The largest absolute Gasteiger partial charge is 0.491 e. The van der Waals surface area contributed by atoms with Crippen LogP contribution in [-0.2, 0) is 0 Å². The van der Waals surface area contributed by atoms with Gasteiger partial charge < -0.3 is 9.84 Å². The second kappa shape index (κ2) is 8.14. The molecule has 1 saturated heterocycles. The Hall–Kier alpha value is -1.61. The number of β-amino-alcohol motifs (C(OH)–C–C–N with tert-alkyl or cyclic N) is 1. The van der Waals surface area contributed by atoms with Crippen molar-refractivity contribution in [1.82, 2.24) is 9.80 Å². The summed E-state index contributed by atoms with van der Waals surface area (Å²) in [7, 11) is 0. The molecule has 1 aromatic carbocycles. The third kappa shape index (κ3) is 4.70. The van der Waals surface area contributed by atoms with Gasteiger partial charge in [-0.1, -0.05) is 12.1 Å². The molecule has 0 bridgehead atoms.